The van der Waals surface area contributed by atoms with Gasteiger partial charge in [-0.3, -0.25) is 4.79 Å². The van der Waals surface area contributed by atoms with Gasteiger partial charge in [0.15, 0.2) is 0 Å². The van der Waals surface area contributed by atoms with E-state index < -0.39 is 0 Å². The van der Waals surface area contributed by atoms with Crippen LogP contribution in [0.4, 0.5) is 4.39 Å². The highest BCUT2D eigenvalue weighted by Crippen LogP contribution is 2.04. The Labute approximate surface area is 94.1 Å². The summed E-state index contributed by atoms with van der Waals surface area (Å²) in [6.07, 6.45) is 1.70. The molecular formula is C12H13FN2O. The molecule has 4 heteroatoms. The molecule has 1 N–H and O–H groups in total. The molecule has 0 fully saturated rings. The van der Waals surface area contributed by atoms with Crippen LogP contribution in [-0.4, -0.2) is 17.4 Å². The summed E-state index contributed by atoms with van der Waals surface area (Å²) in [7, 11) is 0. The summed E-state index contributed by atoms with van der Waals surface area (Å²) < 4.78 is 12.7. The Kier molecular flexibility index (Phi) is 4.46. The van der Waals surface area contributed by atoms with Crippen molar-refractivity contribution < 1.29 is 9.18 Å². The monoisotopic (exact) mass is 220 g/mol. The summed E-state index contributed by atoms with van der Waals surface area (Å²) in [5.74, 6) is 5.27. The number of amides is 1. The van der Waals surface area contributed by atoms with E-state index in [1.165, 1.54) is 13.0 Å². The number of pyridine rings is 1. The summed E-state index contributed by atoms with van der Waals surface area (Å²) in [5.41, 5.74) is 1.29. The summed E-state index contributed by atoms with van der Waals surface area (Å²) in [4.78, 5) is 14.4. The van der Waals surface area contributed by atoms with E-state index in [2.05, 4.69) is 22.1 Å². The first kappa shape index (κ1) is 12.2. The number of carbonyl (C=O) groups excluding carboxylic acids is 1. The molecule has 1 aromatic rings. The zero-order valence-electron chi connectivity index (χ0n) is 9.30. The lowest BCUT2D eigenvalue weighted by atomic mass is 10.2. The summed E-state index contributed by atoms with van der Waals surface area (Å²) in [6.45, 7) is 3.73. The average molecular weight is 220 g/mol. The maximum atomic E-state index is 12.7. The maximum Gasteiger partial charge on any atom is 0.216 e. The van der Waals surface area contributed by atoms with E-state index in [1.807, 2.05) is 0 Å². The molecule has 0 radical (unpaired) electrons. The molecule has 1 aromatic heterocycles. The number of rotatable bonds is 2. The van der Waals surface area contributed by atoms with Crippen LogP contribution in [0.2, 0.25) is 0 Å². The van der Waals surface area contributed by atoms with Crippen molar-refractivity contribution in [1.82, 2.24) is 10.3 Å². The van der Waals surface area contributed by atoms with E-state index in [1.54, 1.807) is 6.92 Å². The van der Waals surface area contributed by atoms with Gasteiger partial charge in [-0.15, -0.1) is 0 Å². The van der Waals surface area contributed by atoms with E-state index in [0.29, 0.717) is 24.2 Å². The van der Waals surface area contributed by atoms with Gasteiger partial charge in [-0.1, -0.05) is 5.92 Å². The normalized spacial score (nSPS) is 9.19. The van der Waals surface area contributed by atoms with Crippen molar-refractivity contribution >= 4 is 5.91 Å². The summed E-state index contributed by atoms with van der Waals surface area (Å²) in [5, 5.41) is 2.63. The molecule has 0 aliphatic heterocycles. The average Bonchev–Trinajstić information content (AvgIpc) is 2.20. The molecule has 16 heavy (non-hydrogen) atoms. The van der Waals surface area contributed by atoms with E-state index >= 15 is 0 Å². The number of hydrogen-bond acceptors (Lipinski definition) is 2. The fourth-order valence-corrected chi connectivity index (χ4v) is 1.12. The molecule has 0 aliphatic rings. The second-order valence-electron chi connectivity index (χ2n) is 3.35. The predicted octanol–water partition coefficient (Wildman–Crippen LogP) is 1.41. The number of hydrogen-bond donors (Lipinski definition) is 1. The number of nitrogens with zero attached hydrogens (tertiary/aromatic N) is 1. The van der Waals surface area contributed by atoms with E-state index in [0.717, 1.165) is 6.20 Å². The smallest absolute Gasteiger partial charge is 0.216 e. The highest BCUT2D eigenvalue weighted by molar-refractivity contribution is 5.72. The van der Waals surface area contributed by atoms with Crippen molar-refractivity contribution in [2.45, 2.75) is 20.3 Å². The van der Waals surface area contributed by atoms with Gasteiger partial charge >= 0.3 is 0 Å². The summed E-state index contributed by atoms with van der Waals surface area (Å²) in [6, 6.07) is 1.39. The SMILES string of the molecule is CC(=O)NCCC#Cc1ncc(F)cc1C. The lowest BCUT2D eigenvalue weighted by Crippen LogP contribution is -2.20. The van der Waals surface area contributed by atoms with Gasteiger partial charge in [-0.05, 0) is 24.5 Å². The van der Waals surface area contributed by atoms with Crippen molar-refractivity contribution in [3.8, 4) is 11.8 Å². The maximum absolute atomic E-state index is 12.7. The Hall–Kier alpha value is -1.89. The quantitative estimate of drug-likeness (QED) is 0.604. The van der Waals surface area contributed by atoms with Crippen LogP contribution in [0.25, 0.3) is 0 Å². The van der Waals surface area contributed by atoms with E-state index in [4.69, 9.17) is 0 Å². The van der Waals surface area contributed by atoms with Gasteiger partial charge in [0.1, 0.15) is 11.5 Å². The summed E-state index contributed by atoms with van der Waals surface area (Å²) >= 11 is 0. The Morgan fingerprint density at radius 1 is 1.62 bits per heavy atom. The van der Waals surface area contributed by atoms with Gasteiger partial charge in [0, 0.05) is 19.9 Å². The van der Waals surface area contributed by atoms with Crippen LogP contribution in [0.1, 0.15) is 24.6 Å². The van der Waals surface area contributed by atoms with E-state index in [9.17, 15) is 9.18 Å². The van der Waals surface area contributed by atoms with Gasteiger partial charge in [-0.25, -0.2) is 9.37 Å². The standard InChI is InChI=1S/C12H13FN2O/c1-9-7-11(13)8-15-12(9)5-3-4-6-14-10(2)16/h7-8H,4,6H2,1-2H3,(H,14,16). The van der Waals surface area contributed by atoms with Crippen LogP contribution in [0.5, 0.6) is 0 Å². The van der Waals surface area contributed by atoms with Crippen molar-refractivity contribution in [2.24, 2.45) is 0 Å². The molecule has 1 rings (SSSR count). The molecule has 3 nitrogen and oxygen atoms in total. The molecule has 0 bridgehead atoms. The fourth-order valence-electron chi connectivity index (χ4n) is 1.12. The number of aromatic nitrogens is 1. The van der Waals surface area contributed by atoms with Crippen LogP contribution in [0.15, 0.2) is 12.3 Å². The van der Waals surface area contributed by atoms with Gasteiger partial charge in [0.05, 0.1) is 6.20 Å². The van der Waals surface area contributed by atoms with Crippen LogP contribution in [0.3, 0.4) is 0 Å². The number of aryl methyl sites for hydroxylation is 1. The third kappa shape index (κ3) is 4.09. The third-order valence-electron chi connectivity index (χ3n) is 1.88. The Balaban J connectivity index is 2.53. The third-order valence-corrected chi connectivity index (χ3v) is 1.88. The Bertz CT molecular complexity index is 446. The first-order chi connectivity index (χ1) is 7.59. The fraction of sp³-hybridized carbons (Fsp3) is 0.333. The van der Waals surface area contributed by atoms with Crippen LogP contribution < -0.4 is 5.32 Å². The van der Waals surface area contributed by atoms with Gasteiger partial charge in [0.25, 0.3) is 0 Å². The largest absolute Gasteiger partial charge is 0.355 e. The molecule has 0 aromatic carbocycles. The van der Waals surface area contributed by atoms with Crippen LogP contribution in [-0.2, 0) is 4.79 Å². The molecule has 0 aliphatic carbocycles. The first-order valence-electron chi connectivity index (χ1n) is 4.95. The minimum Gasteiger partial charge on any atom is -0.355 e. The molecule has 1 amide bonds. The van der Waals surface area contributed by atoms with Gasteiger partial charge in [-0.2, -0.15) is 0 Å². The van der Waals surface area contributed by atoms with Crippen LogP contribution in [0, 0.1) is 24.6 Å². The molecule has 0 saturated heterocycles. The lowest BCUT2D eigenvalue weighted by Gasteiger charge is -1.97. The minimum atomic E-state index is -0.360. The topological polar surface area (TPSA) is 42.0 Å². The van der Waals surface area contributed by atoms with Gasteiger partial charge in [0.2, 0.25) is 5.91 Å². The Morgan fingerprint density at radius 2 is 2.38 bits per heavy atom. The van der Waals surface area contributed by atoms with Crippen molar-refractivity contribution in [2.75, 3.05) is 6.54 Å². The Morgan fingerprint density at radius 3 is 3.00 bits per heavy atom. The van der Waals surface area contributed by atoms with Crippen molar-refractivity contribution in [1.29, 1.82) is 0 Å². The highest BCUT2D eigenvalue weighted by Gasteiger charge is 1.97. The van der Waals surface area contributed by atoms with Crippen molar-refractivity contribution in [3.05, 3.63) is 29.3 Å². The molecule has 0 atom stereocenters. The second-order valence-corrected chi connectivity index (χ2v) is 3.35. The van der Waals surface area contributed by atoms with Gasteiger partial charge < -0.3 is 5.32 Å². The molecule has 0 spiro atoms. The van der Waals surface area contributed by atoms with Crippen molar-refractivity contribution in [3.63, 3.8) is 0 Å². The molecular weight excluding hydrogens is 207 g/mol. The zero-order chi connectivity index (χ0) is 12.0. The number of carbonyl (C=O) groups is 1. The number of halogens is 1. The highest BCUT2D eigenvalue weighted by atomic mass is 19.1. The molecule has 0 unspecified atom stereocenters. The van der Waals surface area contributed by atoms with Crippen LogP contribution >= 0.6 is 0 Å². The first-order valence-corrected chi connectivity index (χ1v) is 4.95. The lowest BCUT2D eigenvalue weighted by molar-refractivity contribution is -0.118. The second kappa shape index (κ2) is 5.86. The van der Waals surface area contributed by atoms with E-state index in [-0.39, 0.29) is 11.7 Å². The minimum absolute atomic E-state index is 0.0714. The zero-order valence-corrected chi connectivity index (χ0v) is 9.30. The molecule has 0 saturated carbocycles. The molecule has 84 valence electrons. The molecule has 1 heterocycles. The predicted molar refractivity (Wildman–Crippen MR) is 59.1 cm³/mol. The number of nitrogens with one attached hydrogen (secondary N) is 1.